The summed E-state index contributed by atoms with van der Waals surface area (Å²) in [6.07, 6.45) is 1.06. The Kier molecular flexibility index (Phi) is 5.76. The Balaban J connectivity index is 2.41. The highest BCUT2D eigenvalue weighted by atomic mass is 35.5. The van der Waals surface area contributed by atoms with Gasteiger partial charge in [0.15, 0.2) is 0 Å². The molecule has 0 aliphatic carbocycles. The van der Waals surface area contributed by atoms with Gasteiger partial charge in [-0.25, -0.2) is 0 Å². The molecule has 1 N–H and O–H groups in total. The van der Waals surface area contributed by atoms with Crippen LogP contribution in [0.4, 0.5) is 0 Å². The van der Waals surface area contributed by atoms with Gasteiger partial charge < -0.3 is 5.32 Å². The Hall–Kier alpha value is -0.250. The summed E-state index contributed by atoms with van der Waals surface area (Å²) in [7, 11) is 0. The van der Waals surface area contributed by atoms with Gasteiger partial charge in [-0.05, 0) is 49.2 Å². The van der Waals surface area contributed by atoms with E-state index in [1.54, 1.807) is 17.4 Å². The minimum absolute atomic E-state index is 0.0518. The second-order valence-corrected chi connectivity index (χ2v) is 7.19. The van der Waals surface area contributed by atoms with Crippen molar-refractivity contribution in [3.8, 4) is 0 Å². The number of hydrogen-bond donors (Lipinski definition) is 1. The SMILES string of the molecule is CCCNC(c1cc(C)c(Cl)s1)c1ccc(Cl)cc1Cl. The zero-order valence-electron chi connectivity index (χ0n) is 11.3. The Bertz CT molecular complexity index is 575. The normalized spacial score (nSPS) is 12.7. The molecule has 1 unspecified atom stereocenters. The Morgan fingerprint density at radius 3 is 2.50 bits per heavy atom. The first-order chi connectivity index (χ1) is 9.52. The van der Waals surface area contributed by atoms with Crippen molar-refractivity contribution >= 4 is 46.1 Å². The Labute approximate surface area is 138 Å². The number of thiophene rings is 1. The first kappa shape index (κ1) is 16.1. The molecule has 0 aliphatic heterocycles. The average molecular weight is 349 g/mol. The number of benzene rings is 1. The summed E-state index contributed by atoms with van der Waals surface area (Å²) in [5, 5.41) is 4.85. The lowest BCUT2D eigenvalue weighted by Gasteiger charge is -2.19. The molecule has 0 saturated carbocycles. The molecule has 0 bridgehead atoms. The van der Waals surface area contributed by atoms with Crippen LogP contribution in [-0.4, -0.2) is 6.54 Å². The molecule has 0 fully saturated rings. The maximum absolute atomic E-state index is 6.35. The summed E-state index contributed by atoms with van der Waals surface area (Å²) >= 11 is 20.1. The molecule has 20 heavy (non-hydrogen) atoms. The molecule has 1 aromatic carbocycles. The van der Waals surface area contributed by atoms with Crippen molar-refractivity contribution in [1.82, 2.24) is 5.32 Å². The fourth-order valence-electron chi connectivity index (χ4n) is 2.01. The third-order valence-corrected chi connectivity index (χ3v) is 5.22. The lowest BCUT2D eigenvalue weighted by atomic mass is 10.0. The largest absolute Gasteiger partial charge is 0.306 e. The fourth-order valence-corrected chi connectivity index (χ4v) is 3.84. The van der Waals surface area contributed by atoms with E-state index in [4.69, 9.17) is 34.8 Å². The number of rotatable bonds is 5. The van der Waals surface area contributed by atoms with E-state index in [1.165, 1.54) is 4.88 Å². The molecule has 5 heteroatoms. The summed E-state index contributed by atoms with van der Waals surface area (Å²) in [4.78, 5) is 1.17. The molecule has 1 nitrogen and oxygen atoms in total. The number of hydrogen-bond acceptors (Lipinski definition) is 2. The lowest BCUT2D eigenvalue weighted by molar-refractivity contribution is 0.606. The van der Waals surface area contributed by atoms with Gasteiger partial charge in [0.2, 0.25) is 0 Å². The summed E-state index contributed by atoms with van der Waals surface area (Å²) in [6.45, 7) is 5.07. The second-order valence-electron chi connectivity index (χ2n) is 4.66. The molecule has 1 atom stereocenters. The van der Waals surface area contributed by atoms with E-state index in [0.717, 1.165) is 28.4 Å². The fraction of sp³-hybridized carbons (Fsp3) is 0.333. The first-order valence-electron chi connectivity index (χ1n) is 6.47. The van der Waals surface area contributed by atoms with Crippen molar-refractivity contribution in [2.75, 3.05) is 6.54 Å². The van der Waals surface area contributed by atoms with Crippen LogP contribution in [0.5, 0.6) is 0 Å². The van der Waals surface area contributed by atoms with E-state index in [0.29, 0.717) is 10.0 Å². The minimum atomic E-state index is 0.0518. The van der Waals surface area contributed by atoms with Gasteiger partial charge in [-0.1, -0.05) is 47.8 Å². The number of nitrogens with one attached hydrogen (secondary N) is 1. The quantitative estimate of drug-likeness (QED) is 0.687. The van der Waals surface area contributed by atoms with Crippen molar-refractivity contribution < 1.29 is 0 Å². The van der Waals surface area contributed by atoms with E-state index in [2.05, 4.69) is 18.3 Å². The third-order valence-electron chi connectivity index (χ3n) is 3.03. The molecular weight excluding hydrogens is 333 g/mol. The predicted octanol–water partition coefficient (Wildman–Crippen LogP) is 6.11. The first-order valence-corrected chi connectivity index (χ1v) is 8.42. The van der Waals surface area contributed by atoms with Gasteiger partial charge in [-0.2, -0.15) is 0 Å². The van der Waals surface area contributed by atoms with Gasteiger partial charge in [0.05, 0.1) is 10.4 Å². The van der Waals surface area contributed by atoms with Crippen molar-refractivity contribution in [2.24, 2.45) is 0 Å². The van der Waals surface area contributed by atoms with Crippen LogP contribution in [-0.2, 0) is 0 Å². The third kappa shape index (κ3) is 3.69. The molecule has 2 rings (SSSR count). The number of aryl methyl sites for hydroxylation is 1. The maximum atomic E-state index is 6.35. The van der Waals surface area contributed by atoms with Crippen LogP contribution in [0.3, 0.4) is 0 Å². The van der Waals surface area contributed by atoms with Crippen LogP contribution >= 0.6 is 46.1 Å². The van der Waals surface area contributed by atoms with Crippen LogP contribution in [0.1, 0.15) is 35.4 Å². The van der Waals surface area contributed by atoms with Crippen molar-refractivity contribution in [1.29, 1.82) is 0 Å². The lowest BCUT2D eigenvalue weighted by Crippen LogP contribution is -2.22. The van der Waals surface area contributed by atoms with Crippen molar-refractivity contribution in [3.05, 3.63) is 54.7 Å². The molecule has 0 spiro atoms. The van der Waals surface area contributed by atoms with E-state index in [9.17, 15) is 0 Å². The zero-order valence-corrected chi connectivity index (χ0v) is 14.4. The average Bonchev–Trinajstić information content (AvgIpc) is 2.72. The maximum Gasteiger partial charge on any atom is 0.0961 e. The van der Waals surface area contributed by atoms with Gasteiger partial charge in [-0.3, -0.25) is 0 Å². The minimum Gasteiger partial charge on any atom is -0.306 e. The van der Waals surface area contributed by atoms with E-state index in [1.807, 2.05) is 19.1 Å². The number of halogens is 3. The summed E-state index contributed by atoms with van der Waals surface area (Å²) in [5.41, 5.74) is 2.13. The summed E-state index contributed by atoms with van der Waals surface area (Å²) in [5.74, 6) is 0. The Morgan fingerprint density at radius 2 is 1.95 bits per heavy atom. The molecule has 0 radical (unpaired) electrons. The van der Waals surface area contributed by atoms with Crippen LogP contribution in [0.25, 0.3) is 0 Å². The Morgan fingerprint density at radius 1 is 1.20 bits per heavy atom. The monoisotopic (exact) mass is 347 g/mol. The molecule has 0 amide bonds. The summed E-state index contributed by atoms with van der Waals surface area (Å²) < 4.78 is 0.827. The zero-order chi connectivity index (χ0) is 14.7. The highest BCUT2D eigenvalue weighted by Gasteiger charge is 2.19. The van der Waals surface area contributed by atoms with Crippen LogP contribution < -0.4 is 5.32 Å². The van der Waals surface area contributed by atoms with E-state index >= 15 is 0 Å². The van der Waals surface area contributed by atoms with Crippen LogP contribution in [0.2, 0.25) is 14.4 Å². The summed E-state index contributed by atoms with van der Waals surface area (Å²) in [6, 6.07) is 7.79. The topological polar surface area (TPSA) is 12.0 Å². The van der Waals surface area contributed by atoms with E-state index in [-0.39, 0.29) is 6.04 Å². The van der Waals surface area contributed by atoms with Gasteiger partial charge in [-0.15, -0.1) is 11.3 Å². The standard InChI is InChI=1S/C15H16Cl3NS/c1-3-6-19-14(13-7-9(2)15(18)20-13)11-5-4-10(16)8-12(11)17/h4-5,7-8,14,19H,3,6H2,1-2H3. The van der Waals surface area contributed by atoms with Gasteiger partial charge in [0.25, 0.3) is 0 Å². The van der Waals surface area contributed by atoms with Crippen LogP contribution in [0, 0.1) is 6.92 Å². The molecule has 1 aromatic heterocycles. The molecular formula is C15H16Cl3NS. The van der Waals surface area contributed by atoms with Gasteiger partial charge in [0, 0.05) is 14.9 Å². The predicted molar refractivity (Wildman–Crippen MR) is 90.7 cm³/mol. The van der Waals surface area contributed by atoms with E-state index < -0.39 is 0 Å². The van der Waals surface area contributed by atoms with Crippen molar-refractivity contribution in [3.63, 3.8) is 0 Å². The second kappa shape index (κ2) is 7.15. The molecule has 0 aliphatic rings. The van der Waals surface area contributed by atoms with Crippen molar-refractivity contribution in [2.45, 2.75) is 26.3 Å². The van der Waals surface area contributed by atoms with Gasteiger partial charge >= 0.3 is 0 Å². The van der Waals surface area contributed by atoms with Gasteiger partial charge in [0.1, 0.15) is 0 Å². The molecule has 0 saturated heterocycles. The highest BCUT2D eigenvalue weighted by Crippen LogP contribution is 2.37. The highest BCUT2D eigenvalue weighted by molar-refractivity contribution is 7.16. The smallest absolute Gasteiger partial charge is 0.0961 e. The van der Waals surface area contributed by atoms with Crippen LogP contribution in [0.15, 0.2) is 24.3 Å². The molecule has 1 heterocycles. The molecule has 108 valence electrons. The molecule has 2 aromatic rings.